The molecule has 0 aliphatic heterocycles. The number of rotatable bonds is 4. The Bertz CT molecular complexity index is 694. The third-order valence-electron chi connectivity index (χ3n) is 2.98. The second-order valence-electron chi connectivity index (χ2n) is 4.13. The van der Waals surface area contributed by atoms with Gasteiger partial charge in [0.05, 0.1) is 18.2 Å². The third-order valence-corrected chi connectivity index (χ3v) is 2.98. The van der Waals surface area contributed by atoms with Gasteiger partial charge in [-0.15, -0.1) is 0 Å². The lowest BCUT2D eigenvalue weighted by Gasteiger charge is -2.09. The fourth-order valence-corrected chi connectivity index (χ4v) is 1.97. The molecule has 0 atom stereocenters. The number of aromatic nitrogens is 4. The van der Waals surface area contributed by atoms with E-state index < -0.39 is 0 Å². The Labute approximate surface area is 109 Å². The van der Waals surface area contributed by atoms with Gasteiger partial charge in [0, 0.05) is 6.54 Å². The van der Waals surface area contributed by atoms with Gasteiger partial charge in [-0.1, -0.05) is 24.3 Å². The first-order valence-corrected chi connectivity index (χ1v) is 5.94. The van der Waals surface area contributed by atoms with Crippen LogP contribution in [0, 0.1) is 0 Å². The van der Waals surface area contributed by atoms with E-state index >= 15 is 0 Å². The normalized spacial score (nSPS) is 10.8. The van der Waals surface area contributed by atoms with Crippen LogP contribution < -0.4 is 5.32 Å². The third kappa shape index (κ3) is 2.25. The zero-order valence-electron chi connectivity index (χ0n) is 10.2. The number of aromatic amines is 1. The lowest BCUT2D eigenvalue weighted by Crippen LogP contribution is -2.04. The van der Waals surface area contributed by atoms with E-state index in [-0.39, 0.29) is 6.61 Å². The number of nitrogens with one attached hydrogen (secondary N) is 2. The molecule has 0 bridgehead atoms. The van der Waals surface area contributed by atoms with Crippen molar-refractivity contribution < 1.29 is 5.11 Å². The minimum absolute atomic E-state index is 0.0305. The lowest BCUT2D eigenvalue weighted by molar-refractivity contribution is 0.280. The van der Waals surface area contributed by atoms with E-state index in [2.05, 4.69) is 25.5 Å². The molecule has 0 unspecified atom stereocenters. The Morgan fingerprint density at radius 1 is 1.16 bits per heavy atom. The summed E-state index contributed by atoms with van der Waals surface area (Å²) in [6, 6.07) is 7.74. The van der Waals surface area contributed by atoms with Crippen molar-refractivity contribution in [3.05, 3.63) is 47.9 Å². The first-order chi connectivity index (χ1) is 9.38. The first-order valence-electron chi connectivity index (χ1n) is 5.94. The van der Waals surface area contributed by atoms with E-state index in [1.54, 1.807) is 6.20 Å². The molecule has 0 spiro atoms. The molecule has 0 amide bonds. The number of hydrogen-bond donors (Lipinski definition) is 3. The number of benzene rings is 1. The Morgan fingerprint density at radius 2 is 2.00 bits per heavy atom. The van der Waals surface area contributed by atoms with Crippen LogP contribution in [-0.4, -0.2) is 25.3 Å². The van der Waals surface area contributed by atoms with E-state index in [0.717, 1.165) is 22.3 Å². The molecule has 96 valence electrons. The molecule has 3 rings (SSSR count). The maximum atomic E-state index is 9.29. The van der Waals surface area contributed by atoms with Crippen molar-refractivity contribution in [2.24, 2.45) is 0 Å². The number of fused-ring (bicyclic) bond motifs is 1. The van der Waals surface area contributed by atoms with Gasteiger partial charge in [-0.3, -0.25) is 5.10 Å². The average molecular weight is 255 g/mol. The van der Waals surface area contributed by atoms with Crippen molar-refractivity contribution in [2.45, 2.75) is 13.2 Å². The van der Waals surface area contributed by atoms with Crippen molar-refractivity contribution >= 4 is 16.9 Å². The zero-order valence-corrected chi connectivity index (χ0v) is 10.2. The van der Waals surface area contributed by atoms with Crippen LogP contribution in [0.2, 0.25) is 0 Å². The number of hydrogen-bond acceptors (Lipinski definition) is 5. The number of anilines is 1. The van der Waals surface area contributed by atoms with Crippen LogP contribution >= 0.6 is 0 Å². The summed E-state index contributed by atoms with van der Waals surface area (Å²) in [7, 11) is 0. The fraction of sp³-hybridized carbons (Fsp3) is 0.154. The van der Waals surface area contributed by atoms with Crippen LogP contribution in [0.5, 0.6) is 0 Å². The number of aliphatic hydroxyl groups excluding tert-OH is 1. The van der Waals surface area contributed by atoms with Gasteiger partial charge >= 0.3 is 0 Å². The van der Waals surface area contributed by atoms with Crippen molar-refractivity contribution in [1.82, 2.24) is 20.2 Å². The van der Waals surface area contributed by atoms with Crippen LogP contribution in [0.3, 0.4) is 0 Å². The Hall–Kier alpha value is -2.47. The summed E-state index contributed by atoms with van der Waals surface area (Å²) >= 11 is 0. The van der Waals surface area contributed by atoms with E-state index in [4.69, 9.17) is 0 Å². The number of nitrogens with zero attached hydrogens (tertiary/aromatic N) is 3. The lowest BCUT2D eigenvalue weighted by atomic mass is 10.1. The molecule has 19 heavy (non-hydrogen) atoms. The molecule has 6 heteroatoms. The number of H-pyrrole nitrogens is 1. The molecule has 3 N–H and O–H groups in total. The minimum atomic E-state index is 0.0305. The van der Waals surface area contributed by atoms with E-state index in [1.165, 1.54) is 6.33 Å². The molecular formula is C13H13N5O. The number of aliphatic hydroxyl groups is 1. The predicted octanol–water partition coefficient (Wildman–Crippen LogP) is 1.46. The summed E-state index contributed by atoms with van der Waals surface area (Å²) in [6.07, 6.45) is 3.18. The maximum Gasteiger partial charge on any atom is 0.160 e. The van der Waals surface area contributed by atoms with Gasteiger partial charge in [-0.05, 0) is 11.1 Å². The second kappa shape index (κ2) is 5.03. The van der Waals surface area contributed by atoms with Crippen molar-refractivity contribution in [3.63, 3.8) is 0 Å². The molecular weight excluding hydrogens is 242 g/mol. The van der Waals surface area contributed by atoms with Crippen molar-refractivity contribution in [3.8, 4) is 0 Å². The van der Waals surface area contributed by atoms with Crippen LogP contribution in [0.25, 0.3) is 11.0 Å². The second-order valence-corrected chi connectivity index (χ2v) is 4.13. The summed E-state index contributed by atoms with van der Waals surface area (Å²) in [4.78, 5) is 8.29. The van der Waals surface area contributed by atoms with Gasteiger partial charge in [0.2, 0.25) is 0 Å². The van der Waals surface area contributed by atoms with Gasteiger partial charge in [0.25, 0.3) is 0 Å². The van der Waals surface area contributed by atoms with E-state index in [9.17, 15) is 5.11 Å². The largest absolute Gasteiger partial charge is 0.392 e. The monoisotopic (exact) mass is 255 g/mol. The minimum Gasteiger partial charge on any atom is -0.392 e. The summed E-state index contributed by atoms with van der Waals surface area (Å²) in [5.74, 6) is 0.728. The van der Waals surface area contributed by atoms with Crippen LogP contribution in [0.4, 0.5) is 5.82 Å². The molecule has 0 radical (unpaired) electrons. The van der Waals surface area contributed by atoms with Gasteiger partial charge in [0.1, 0.15) is 12.1 Å². The SMILES string of the molecule is OCc1ccccc1CNc1ncnc2[nH]ncc12. The molecule has 0 fully saturated rings. The van der Waals surface area contributed by atoms with Crippen molar-refractivity contribution in [2.75, 3.05) is 5.32 Å². The van der Waals surface area contributed by atoms with Gasteiger partial charge < -0.3 is 10.4 Å². The predicted molar refractivity (Wildman–Crippen MR) is 71.4 cm³/mol. The average Bonchev–Trinajstić information content (AvgIpc) is 2.94. The standard InChI is InChI=1S/C13H13N5O/c19-7-10-4-2-1-3-9(10)5-14-12-11-6-17-18-13(11)16-8-15-12/h1-4,6,8,19H,5,7H2,(H2,14,15,16,17,18). The molecule has 2 aromatic heterocycles. The van der Waals surface area contributed by atoms with Crippen LogP contribution in [0.1, 0.15) is 11.1 Å². The summed E-state index contributed by atoms with van der Waals surface area (Å²) in [5.41, 5.74) is 2.65. The Kier molecular flexibility index (Phi) is 3.07. The Balaban J connectivity index is 1.84. The van der Waals surface area contributed by atoms with Crippen molar-refractivity contribution in [1.29, 1.82) is 0 Å². The molecule has 0 aliphatic rings. The quantitative estimate of drug-likeness (QED) is 0.657. The van der Waals surface area contributed by atoms with E-state index in [0.29, 0.717) is 12.2 Å². The molecule has 2 heterocycles. The van der Waals surface area contributed by atoms with Crippen LogP contribution in [0.15, 0.2) is 36.8 Å². The molecule has 1 aromatic carbocycles. The molecule has 0 saturated carbocycles. The first kappa shape index (κ1) is 11.6. The smallest absolute Gasteiger partial charge is 0.160 e. The van der Waals surface area contributed by atoms with Gasteiger partial charge in [0.15, 0.2) is 5.65 Å². The van der Waals surface area contributed by atoms with Crippen LogP contribution in [-0.2, 0) is 13.2 Å². The topological polar surface area (TPSA) is 86.7 Å². The van der Waals surface area contributed by atoms with E-state index in [1.807, 2.05) is 24.3 Å². The highest BCUT2D eigenvalue weighted by atomic mass is 16.3. The molecule has 6 nitrogen and oxygen atoms in total. The maximum absolute atomic E-state index is 9.29. The summed E-state index contributed by atoms with van der Waals surface area (Å²) in [5, 5.41) is 20.1. The van der Waals surface area contributed by atoms with Gasteiger partial charge in [-0.2, -0.15) is 5.10 Å². The Morgan fingerprint density at radius 3 is 2.84 bits per heavy atom. The highest BCUT2D eigenvalue weighted by Crippen LogP contribution is 2.18. The summed E-state index contributed by atoms with van der Waals surface area (Å²) in [6.45, 7) is 0.622. The highest BCUT2D eigenvalue weighted by Gasteiger charge is 2.06. The molecule has 3 aromatic rings. The highest BCUT2D eigenvalue weighted by molar-refractivity contribution is 5.85. The summed E-state index contributed by atoms with van der Waals surface area (Å²) < 4.78 is 0. The molecule has 0 aliphatic carbocycles. The van der Waals surface area contributed by atoms with Gasteiger partial charge in [-0.25, -0.2) is 9.97 Å². The zero-order chi connectivity index (χ0) is 13.1. The fourth-order valence-electron chi connectivity index (χ4n) is 1.97. The molecule has 0 saturated heterocycles.